The van der Waals surface area contributed by atoms with Crippen LogP contribution in [-0.2, 0) is 9.53 Å². The van der Waals surface area contributed by atoms with Crippen molar-refractivity contribution in [3.8, 4) is 5.75 Å². The van der Waals surface area contributed by atoms with E-state index in [0.29, 0.717) is 0 Å². The Hall–Kier alpha value is -4.00. The van der Waals surface area contributed by atoms with Gasteiger partial charge in [0, 0.05) is 0 Å². The average Bonchev–Trinajstić information content (AvgIpc) is 2.97. The van der Waals surface area contributed by atoms with Crippen LogP contribution >= 0.6 is 0 Å². The molecule has 0 spiro atoms. The molecule has 3 aromatic carbocycles. The summed E-state index contributed by atoms with van der Waals surface area (Å²) in [6.45, 7) is -0.570. The van der Waals surface area contributed by atoms with E-state index < -0.39 is 30.3 Å². The molecule has 144 valence electrons. The van der Waals surface area contributed by atoms with E-state index in [4.69, 9.17) is 9.47 Å². The number of benzene rings is 3. The zero-order chi connectivity index (χ0) is 20.5. The number of carbonyl (C=O) groups excluding carboxylic acids is 4. The number of hydrogen-bond acceptors (Lipinski definition) is 6. The van der Waals surface area contributed by atoms with Gasteiger partial charge in [-0.3, -0.25) is 14.5 Å². The van der Waals surface area contributed by atoms with Crippen molar-refractivity contribution in [1.82, 2.24) is 4.90 Å². The van der Waals surface area contributed by atoms with E-state index in [-0.39, 0.29) is 22.4 Å². The van der Waals surface area contributed by atoms with Gasteiger partial charge in [0.2, 0.25) is 0 Å². The monoisotopic (exact) mass is 389 g/mol. The van der Waals surface area contributed by atoms with Crippen LogP contribution in [0, 0.1) is 0 Å². The van der Waals surface area contributed by atoms with Crippen LogP contribution in [0.3, 0.4) is 0 Å². The molecule has 1 aliphatic rings. The Morgan fingerprint density at radius 1 is 0.862 bits per heavy atom. The average molecular weight is 389 g/mol. The van der Waals surface area contributed by atoms with Gasteiger partial charge in [0.1, 0.15) is 17.9 Å². The molecule has 2 amide bonds. The summed E-state index contributed by atoms with van der Waals surface area (Å²) in [7, 11) is 1.22. The number of carbonyl (C=O) groups is 4. The maximum absolute atomic E-state index is 12.5. The number of amides is 2. The van der Waals surface area contributed by atoms with E-state index in [2.05, 4.69) is 0 Å². The maximum Gasteiger partial charge on any atom is 0.341 e. The molecule has 0 bridgehead atoms. The summed E-state index contributed by atoms with van der Waals surface area (Å²) in [5.74, 6) is -2.64. The van der Waals surface area contributed by atoms with Crippen LogP contribution in [-0.4, -0.2) is 42.3 Å². The van der Waals surface area contributed by atoms with Crippen molar-refractivity contribution in [1.29, 1.82) is 0 Å². The third-order valence-corrected chi connectivity index (χ3v) is 4.64. The molecular formula is C22H15NO6. The molecule has 0 unspecified atom stereocenters. The van der Waals surface area contributed by atoms with Gasteiger partial charge in [-0.1, -0.05) is 36.4 Å². The first kappa shape index (κ1) is 18.4. The number of esters is 2. The minimum absolute atomic E-state index is 0.00263. The van der Waals surface area contributed by atoms with Crippen molar-refractivity contribution >= 4 is 34.5 Å². The summed E-state index contributed by atoms with van der Waals surface area (Å²) < 4.78 is 10.1. The Morgan fingerprint density at radius 2 is 1.41 bits per heavy atom. The van der Waals surface area contributed by atoms with Gasteiger partial charge in [0.15, 0.2) is 0 Å². The van der Waals surface area contributed by atoms with Crippen LogP contribution < -0.4 is 4.74 Å². The lowest BCUT2D eigenvalue weighted by Crippen LogP contribution is -2.36. The third-order valence-electron chi connectivity index (χ3n) is 4.64. The molecule has 0 saturated heterocycles. The van der Waals surface area contributed by atoms with Crippen molar-refractivity contribution in [3.63, 3.8) is 0 Å². The van der Waals surface area contributed by atoms with Gasteiger partial charge in [0.05, 0.1) is 18.2 Å². The van der Waals surface area contributed by atoms with Gasteiger partial charge < -0.3 is 9.47 Å². The molecule has 3 aromatic rings. The topological polar surface area (TPSA) is 90.0 Å². The molecule has 7 nitrogen and oxygen atoms in total. The highest BCUT2D eigenvalue weighted by Crippen LogP contribution is 2.28. The SMILES string of the molecule is COC(=O)c1cc2ccccc2cc1OC(=O)CN1C(=O)c2ccccc2C1=O. The van der Waals surface area contributed by atoms with Gasteiger partial charge in [-0.2, -0.15) is 0 Å². The largest absolute Gasteiger partial charge is 0.465 e. The number of hydrogen-bond donors (Lipinski definition) is 0. The second-order valence-electron chi connectivity index (χ2n) is 6.40. The minimum Gasteiger partial charge on any atom is -0.465 e. The molecule has 29 heavy (non-hydrogen) atoms. The molecule has 0 radical (unpaired) electrons. The number of fused-ring (bicyclic) bond motifs is 2. The predicted molar refractivity (Wildman–Crippen MR) is 103 cm³/mol. The van der Waals surface area contributed by atoms with Crippen molar-refractivity contribution < 1.29 is 28.7 Å². The quantitative estimate of drug-likeness (QED) is 0.387. The fourth-order valence-corrected chi connectivity index (χ4v) is 3.24. The van der Waals surface area contributed by atoms with Crippen LogP contribution in [0.2, 0.25) is 0 Å². The Balaban J connectivity index is 1.60. The number of nitrogens with zero attached hydrogens (tertiary/aromatic N) is 1. The van der Waals surface area contributed by atoms with E-state index in [1.54, 1.807) is 30.3 Å². The zero-order valence-corrected chi connectivity index (χ0v) is 15.4. The molecule has 0 atom stereocenters. The first-order chi connectivity index (χ1) is 14.0. The molecule has 4 rings (SSSR count). The smallest absolute Gasteiger partial charge is 0.341 e. The van der Waals surface area contributed by atoms with Crippen molar-refractivity contribution in [3.05, 3.63) is 77.4 Å². The summed E-state index contributed by atoms with van der Waals surface area (Å²) in [5, 5.41) is 1.52. The summed E-state index contributed by atoms with van der Waals surface area (Å²) in [6, 6.07) is 16.7. The van der Waals surface area contributed by atoms with E-state index in [1.807, 2.05) is 18.2 Å². The molecule has 7 heteroatoms. The molecule has 0 aromatic heterocycles. The van der Waals surface area contributed by atoms with Crippen LogP contribution in [0.1, 0.15) is 31.1 Å². The summed E-state index contributed by atoms with van der Waals surface area (Å²) in [4.78, 5) is 50.3. The van der Waals surface area contributed by atoms with Crippen molar-refractivity contribution in [2.75, 3.05) is 13.7 Å². The summed E-state index contributed by atoms with van der Waals surface area (Å²) >= 11 is 0. The number of rotatable bonds is 4. The normalized spacial score (nSPS) is 12.8. The summed E-state index contributed by atoms with van der Waals surface area (Å²) in [5.41, 5.74) is 0.555. The molecule has 1 heterocycles. The second-order valence-corrected chi connectivity index (χ2v) is 6.40. The highest BCUT2D eigenvalue weighted by atomic mass is 16.5. The number of imide groups is 1. The summed E-state index contributed by atoms with van der Waals surface area (Å²) in [6.07, 6.45) is 0. The molecule has 0 fully saturated rings. The standard InChI is InChI=1S/C22H15NO6/c1-28-22(27)17-10-13-6-2-3-7-14(13)11-18(17)29-19(24)12-23-20(25)15-8-4-5-9-16(15)21(23)26/h2-11H,12H2,1H3. The Labute approximate surface area is 165 Å². The van der Waals surface area contributed by atoms with Crippen LogP contribution in [0.5, 0.6) is 5.75 Å². The number of methoxy groups -OCH3 is 1. The van der Waals surface area contributed by atoms with E-state index in [1.165, 1.54) is 19.2 Å². The van der Waals surface area contributed by atoms with E-state index >= 15 is 0 Å². The lowest BCUT2D eigenvalue weighted by atomic mass is 10.1. The van der Waals surface area contributed by atoms with Gasteiger partial charge in [-0.05, 0) is 35.0 Å². The Morgan fingerprint density at radius 3 is 2.00 bits per heavy atom. The number of ether oxygens (including phenoxy) is 2. The van der Waals surface area contributed by atoms with Crippen LogP contribution in [0.15, 0.2) is 60.7 Å². The zero-order valence-electron chi connectivity index (χ0n) is 15.4. The first-order valence-electron chi connectivity index (χ1n) is 8.76. The van der Waals surface area contributed by atoms with Gasteiger partial charge in [-0.25, -0.2) is 9.59 Å². The van der Waals surface area contributed by atoms with Gasteiger partial charge in [0.25, 0.3) is 11.8 Å². The van der Waals surface area contributed by atoms with Crippen LogP contribution in [0.4, 0.5) is 0 Å². The first-order valence-corrected chi connectivity index (χ1v) is 8.76. The van der Waals surface area contributed by atoms with Gasteiger partial charge in [-0.15, -0.1) is 0 Å². The highest BCUT2D eigenvalue weighted by Gasteiger charge is 2.36. The third kappa shape index (κ3) is 3.23. The van der Waals surface area contributed by atoms with Crippen molar-refractivity contribution in [2.24, 2.45) is 0 Å². The lowest BCUT2D eigenvalue weighted by molar-refractivity contribution is -0.134. The molecular weight excluding hydrogens is 374 g/mol. The van der Waals surface area contributed by atoms with E-state index in [9.17, 15) is 19.2 Å². The molecule has 0 N–H and O–H groups in total. The lowest BCUT2D eigenvalue weighted by Gasteiger charge is -2.14. The highest BCUT2D eigenvalue weighted by molar-refractivity contribution is 6.22. The van der Waals surface area contributed by atoms with Crippen molar-refractivity contribution in [2.45, 2.75) is 0 Å². The fraction of sp³-hybridized carbons (Fsp3) is 0.0909. The fourth-order valence-electron chi connectivity index (χ4n) is 3.24. The van der Waals surface area contributed by atoms with Gasteiger partial charge >= 0.3 is 11.9 Å². The Kier molecular flexibility index (Phi) is 4.56. The molecule has 0 saturated carbocycles. The molecule has 1 aliphatic heterocycles. The second kappa shape index (κ2) is 7.20. The predicted octanol–water partition coefficient (Wildman–Crippen LogP) is 2.83. The van der Waals surface area contributed by atoms with E-state index in [0.717, 1.165) is 15.7 Å². The molecule has 0 aliphatic carbocycles. The van der Waals surface area contributed by atoms with Crippen LogP contribution in [0.25, 0.3) is 10.8 Å². The minimum atomic E-state index is -0.847. The maximum atomic E-state index is 12.5. The Bertz CT molecular complexity index is 1150.